The van der Waals surface area contributed by atoms with E-state index in [0.717, 1.165) is 0 Å². The maximum Gasteiger partial charge on any atom is 0.446 e. The summed E-state index contributed by atoms with van der Waals surface area (Å²) in [6.07, 6.45) is 0. The number of rotatable bonds is 1. The van der Waals surface area contributed by atoms with Crippen molar-refractivity contribution in [3.8, 4) is 0 Å². The first-order valence-electron chi connectivity index (χ1n) is 3.97. The molecule has 0 aliphatic rings. The summed E-state index contributed by atoms with van der Waals surface area (Å²) in [4.78, 5) is 0.0793. The quantitative estimate of drug-likeness (QED) is 0.420. The Bertz CT molecular complexity index is 540. The number of alkyl halides is 3. The second-order valence-electron chi connectivity index (χ2n) is 2.81. The van der Waals surface area contributed by atoms with Crippen molar-refractivity contribution >= 4 is 51.5 Å². The molecular formula is C8H3ClF3IN2S. The summed E-state index contributed by atoms with van der Waals surface area (Å²) in [5, 5.41) is 4.23. The van der Waals surface area contributed by atoms with Crippen LogP contribution in [0.1, 0.15) is 0 Å². The van der Waals surface area contributed by atoms with Gasteiger partial charge in [-0.2, -0.15) is 18.3 Å². The highest BCUT2D eigenvalue weighted by molar-refractivity contribution is 14.1. The molecule has 16 heavy (non-hydrogen) atoms. The Morgan fingerprint density at radius 1 is 1.38 bits per heavy atom. The minimum atomic E-state index is -4.33. The second-order valence-corrected chi connectivity index (χ2v) is 5.30. The monoisotopic (exact) mass is 378 g/mol. The zero-order valence-electron chi connectivity index (χ0n) is 7.42. The van der Waals surface area contributed by atoms with Crippen molar-refractivity contribution in [3.63, 3.8) is 0 Å². The van der Waals surface area contributed by atoms with Crippen molar-refractivity contribution in [2.45, 2.75) is 10.4 Å². The summed E-state index contributed by atoms with van der Waals surface area (Å²) >= 11 is 7.40. The van der Waals surface area contributed by atoms with Crippen molar-refractivity contribution in [1.82, 2.24) is 9.61 Å². The third-order valence-corrected chi connectivity index (χ3v) is 3.99. The lowest BCUT2D eigenvalue weighted by molar-refractivity contribution is -0.0327. The second kappa shape index (κ2) is 4.26. The molecule has 0 amide bonds. The minimum absolute atomic E-state index is 0.0793. The van der Waals surface area contributed by atoms with E-state index in [-0.39, 0.29) is 25.5 Å². The summed E-state index contributed by atoms with van der Waals surface area (Å²) in [6, 6.07) is 4.71. The molecule has 8 heteroatoms. The van der Waals surface area contributed by atoms with Gasteiger partial charge in [0.2, 0.25) is 0 Å². The predicted molar refractivity (Wildman–Crippen MR) is 64.8 cm³/mol. The summed E-state index contributed by atoms with van der Waals surface area (Å²) in [5.74, 6) is 0. The molecule has 2 heterocycles. The highest BCUT2D eigenvalue weighted by atomic mass is 127. The normalized spacial score (nSPS) is 12.3. The van der Waals surface area contributed by atoms with E-state index in [1.807, 2.05) is 0 Å². The van der Waals surface area contributed by atoms with Crippen molar-refractivity contribution in [3.05, 3.63) is 27.1 Å². The molecule has 2 aromatic heterocycles. The zero-order valence-corrected chi connectivity index (χ0v) is 11.2. The van der Waals surface area contributed by atoms with E-state index in [1.54, 1.807) is 40.8 Å². The molecule has 0 aromatic carbocycles. The lowest BCUT2D eigenvalue weighted by Crippen LogP contribution is -1.99. The number of fused-ring (bicyclic) bond motifs is 1. The van der Waals surface area contributed by atoms with Crippen LogP contribution < -0.4 is 0 Å². The van der Waals surface area contributed by atoms with E-state index in [1.165, 1.54) is 4.52 Å². The first kappa shape index (κ1) is 12.3. The molecule has 0 N–H and O–H groups in total. The number of pyridine rings is 1. The van der Waals surface area contributed by atoms with Gasteiger partial charge in [0.25, 0.3) is 0 Å². The van der Waals surface area contributed by atoms with Gasteiger partial charge in [0.1, 0.15) is 8.85 Å². The standard InChI is InChI=1S/C8H3ClF3IN2S/c9-5-3-1-2-4-6(16-8(10,11)12)7(13)14-15(4)5/h1-3H. The molecule has 0 saturated carbocycles. The topological polar surface area (TPSA) is 17.3 Å². The molecule has 2 rings (SSSR count). The number of thioether (sulfide) groups is 1. The van der Waals surface area contributed by atoms with Crippen LogP contribution in [0.3, 0.4) is 0 Å². The van der Waals surface area contributed by atoms with Crippen LogP contribution in [-0.2, 0) is 0 Å². The molecule has 2 nitrogen and oxygen atoms in total. The van der Waals surface area contributed by atoms with Crippen LogP contribution >= 0.6 is 46.0 Å². The Balaban J connectivity index is 2.61. The van der Waals surface area contributed by atoms with Crippen molar-refractivity contribution in [2.75, 3.05) is 0 Å². The van der Waals surface area contributed by atoms with Gasteiger partial charge >= 0.3 is 5.51 Å². The summed E-state index contributed by atoms with van der Waals surface area (Å²) in [6.45, 7) is 0. The van der Waals surface area contributed by atoms with E-state index in [2.05, 4.69) is 5.10 Å². The van der Waals surface area contributed by atoms with E-state index in [9.17, 15) is 13.2 Å². The number of aromatic nitrogens is 2. The maximum absolute atomic E-state index is 12.3. The first-order chi connectivity index (χ1) is 7.38. The number of nitrogens with zero attached hydrogens (tertiary/aromatic N) is 2. The number of halogens is 5. The molecule has 0 radical (unpaired) electrons. The predicted octanol–water partition coefficient (Wildman–Crippen LogP) is 4.20. The molecule has 0 fully saturated rings. The summed E-state index contributed by atoms with van der Waals surface area (Å²) in [7, 11) is 0. The fourth-order valence-corrected chi connectivity index (χ4v) is 2.84. The maximum atomic E-state index is 12.3. The molecule has 0 aliphatic heterocycles. The molecule has 0 spiro atoms. The fraction of sp³-hybridized carbons (Fsp3) is 0.125. The Labute approximate surface area is 111 Å². The van der Waals surface area contributed by atoms with Gasteiger partial charge in [0.15, 0.2) is 0 Å². The van der Waals surface area contributed by atoms with E-state index >= 15 is 0 Å². The minimum Gasteiger partial charge on any atom is -0.220 e. The molecule has 0 unspecified atom stereocenters. The van der Waals surface area contributed by atoms with Crippen LogP contribution in [0, 0.1) is 3.70 Å². The van der Waals surface area contributed by atoms with Crippen LogP contribution in [0.15, 0.2) is 23.1 Å². The summed E-state index contributed by atoms with van der Waals surface area (Å²) in [5.41, 5.74) is -3.97. The van der Waals surface area contributed by atoms with Crippen molar-refractivity contribution < 1.29 is 13.2 Å². The Morgan fingerprint density at radius 3 is 2.69 bits per heavy atom. The lowest BCUT2D eigenvalue weighted by atomic mass is 10.4. The van der Waals surface area contributed by atoms with Crippen LogP contribution in [0.5, 0.6) is 0 Å². The Kier molecular flexibility index (Phi) is 3.28. The molecule has 0 saturated heterocycles. The third kappa shape index (κ3) is 2.40. The molecule has 86 valence electrons. The highest BCUT2D eigenvalue weighted by Crippen LogP contribution is 2.41. The molecular weight excluding hydrogens is 376 g/mol. The van der Waals surface area contributed by atoms with Gasteiger partial charge in [-0.05, 0) is 46.5 Å². The van der Waals surface area contributed by atoms with Gasteiger partial charge in [-0.25, -0.2) is 4.52 Å². The Hall–Kier alpha value is -0.150. The van der Waals surface area contributed by atoms with Gasteiger partial charge in [0, 0.05) is 0 Å². The van der Waals surface area contributed by atoms with Crippen LogP contribution in [0.2, 0.25) is 5.15 Å². The van der Waals surface area contributed by atoms with Crippen LogP contribution in [0.25, 0.3) is 5.52 Å². The van der Waals surface area contributed by atoms with Crippen LogP contribution in [0.4, 0.5) is 13.2 Å². The average Bonchev–Trinajstić information content (AvgIpc) is 2.44. The SMILES string of the molecule is FC(F)(F)Sc1c(I)nn2c(Cl)cccc12. The van der Waals surface area contributed by atoms with Crippen LogP contribution in [-0.4, -0.2) is 15.1 Å². The molecule has 2 aromatic rings. The zero-order chi connectivity index (χ0) is 11.9. The molecule has 0 aliphatic carbocycles. The van der Waals surface area contributed by atoms with Gasteiger partial charge in [-0.1, -0.05) is 17.7 Å². The van der Waals surface area contributed by atoms with E-state index in [0.29, 0.717) is 5.52 Å². The molecule has 0 atom stereocenters. The highest BCUT2D eigenvalue weighted by Gasteiger charge is 2.32. The first-order valence-corrected chi connectivity index (χ1v) is 6.24. The van der Waals surface area contributed by atoms with Gasteiger partial charge in [0.05, 0.1) is 10.4 Å². The third-order valence-electron chi connectivity index (χ3n) is 1.74. The lowest BCUT2D eigenvalue weighted by Gasteiger charge is -2.04. The van der Waals surface area contributed by atoms with Crippen molar-refractivity contribution in [2.24, 2.45) is 0 Å². The van der Waals surface area contributed by atoms with Gasteiger partial charge in [-0.3, -0.25) is 0 Å². The fourth-order valence-electron chi connectivity index (χ4n) is 1.20. The average molecular weight is 379 g/mol. The number of hydrogen-bond acceptors (Lipinski definition) is 2. The summed E-state index contributed by atoms with van der Waals surface area (Å²) < 4.78 is 38.5. The molecule has 0 bridgehead atoms. The van der Waals surface area contributed by atoms with Gasteiger partial charge in [-0.15, -0.1) is 0 Å². The smallest absolute Gasteiger partial charge is 0.220 e. The van der Waals surface area contributed by atoms with E-state index in [4.69, 9.17) is 11.6 Å². The Morgan fingerprint density at radius 2 is 2.06 bits per heavy atom. The van der Waals surface area contributed by atoms with Gasteiger partial charge < -0.3 is 0 Å². The van der Waals surface area contributed by atoms with Crippen molar-refractivity contribution in [1.29, 1.82) is 0 Å². The number of hydrogen-bond donors (Lipinski definition) is 0. The van der Waals surface area contributed by atoms with E-state index < -0.39 is 5.51 Å². The largest absolute Gasteiger partial charge is 0.446 e.